The van der Waals surface area contributed by atoms with E-state index in [-0.39, 0.29) is 12.2 Å². The predicted molar refractivity (Wildman–Crippen MR) is 77.3 cm³/mol. The van der Waals surface area contributed by atoms with Crippen LogP contribution in [0.4, 0.5) is 0 Å². The summed E-state index contributed by atoms with van der Waals surface area (Å²) in [5.41, 5.74) is 0. The van der Waals surface area contributed by atoms with Crippen LogP contribution >= 0.6 is 0 Å². The van der Waals surface area contributed by atoms with Gasteiger partial charge in [0.25, 0.3) is 0 Å². The van der Waals surface area contributed by atoms with Gasteiger partial charge in [-0.3, -0.25) is 0 Å². The van der Waals surface area contributed by atoms with E-state index in [4.69, 9.17) is 4.74 Å². The zero-order valence-electron chi connectivity index (χ0n) is 12.5. The summed E-state index contributed by atoms with van der Waals surface area (Å²) >= 11 is 0. The first-order chi connectivity index (χ1) is 9.15. The first-order valence-electron chi connectivity index (χ1n) is 7.90. The average Bonchev–Trinajstić information content (AvgIpc) is 2.90. The fraction of sp³-hybridized carbons (Fsp3) is 1.00. The normalized spacial score (nSPS) is 30.9. The largest absolute Gasteiger partial charge is 0.389 e. The van der Waals surface area contributed by atoms with Gasteiger partial charge in [0.05, 0.1) is 18.8 Å². The number of hydrogen-bond acceptors (Lipinski definition) is 4. The first-order valence-corrected chi connectivity index (χ1v) is 7.90. The van der Waals surface area contributed by atoms with E-state index in [1.54, 1.807) is 0 Å². The molecule has 2 N–H and O–H groups in total. The molecule has 0 aromatic rings. The molecule has 112 valence electrons. The molecule has 3 unspecified atom stereocenters. The van der Waals surface area contributed by atoms with Gasteiger partial charge in [-0.2, -0.15) is 0 Å². The van der Waals surface area contributed by atoms with Gasteiger partial charge in [-0.15, -0.1) is 0 Å². The molecule has 0 aromatic heterocycles. The molecule has 0 radical (unpaired) electrons. The highest BCUT2D eigenvalue weighted by molar-refractivity contribution is 4.86. The molecule has 2 aliphatic heterocycles. The second kappa shape index (κ2) is 7.58. The number of aliphatic hydroxyl groups excluding tert-OH is 1. The van der Waals surface area contributed by atoms with Crippen LogP contribution in [0.15, 0.2) is 0 Å². The van der Waals surface area contributed by atoms with Crippen LogP contribution in [0.5, 0.6) is 0 Å². The molecule has 3 atom stereocenters. The molecule has 4 heteroatoms. The minimum atomic E-state index is -0.349. The van der Waals surface area contributed by atoms with Gasteiger partial charge in [0, 0.05) is 19.1 Å². The second-order valence-corrected chi connectivity index (χ2v) is 6.40. The lowest BCUT2D eigenvalue weighted by atomic mass is 9.89. The standard InChI is InChI=1S/C15H30N2O2/c1-12(2)19-11-14(18)10-17-8-4-5-13(9-17)15-6-3-7-16-15/h12-16,18H,3-11H2,1-2H3. The van der Waals surface area contributed by atoms with Crippen molar-refractivity contribution in [2.75, 3.05) is 32.8 Å². The van der Waals surface area contributed by atoms with E-state index in [1.165, 1.54) is 32.2 Å². The van der Waals surface area contributed by atoms with Crippen molar-refractivity contribution >= 4 is 0 Å². The Kier molecular flexibility index (Phi) is 6.07. The van der Waals surface area contributed by atoms with E-state index in [9.17, 15) is 5.11 Å². The van der Waals surface area contributed by atoms with Crippen molar-refractivity contribution in [2.24, 2.45) is 5.92 Å². The number of hydrogen-bond donors (Lipinski definition) is 2. The molecule has 4 nitrogen and oxygen atoms in total. The van der Waals surface area contributed by atoms with E-state index in [2.05, 4.69) is 10.2 Å². The van der Waals surface area contributed by atoms with Crippen LogP contribution in [-0.4, -0.2) is 61.0 Å². The van der Waals surface area contributed by atoms with Crippen LogP contribution in [0.2, 0.25) is 0 Å². The third kappa shape index (κ3) is 5.03. The highest BCUT2D eigenvalue weighted by Gasteiger charge is 2.29. The number of aliphatic hydroxyl groups is 1. The van der Waals surface area contributed by atoms with Gasteiger partial charge in [-0.25, -0.2) is 0 Å². The van der Waals surface area contributed by atoms with Crippen molar-refractivity contribution in [3.8, 4) is 0 Å². The maximum absolute atomic E-state index is 10.0. The molecule has 2 aliphatic rings. The number of rotatable bonds is 6. The second-order valence-electron chi connectivity index (χ2n) is 6.40. The monoisotopic (exact) mass is 270 g/mol. The average molecular weight is 270 g/mol. The zero-order chi connectivity index (χ0) is 13.7. The van der Waals surface area contributed by atoms with Crippen molar-refractivity contribution in [3.05, 3.63) is 0 Å². The topological polar surface area (TPSA) is 44.7 Å². The van der Waals surface area contributed by atoms with Gasteiger partial charge in [0.1, 0.15) is 0 Å². The number of piperidine rings is 1. The maximum Gasteiger partial charge on any atom is 0.0900 e. The molecule has 0 aromatic carbocycles. The summed E-state index contributed by atoms with van der Waals surface area (Å²) in [5, 5.41) is 13.6. The Balaban J connectivity index is 1.71. The molecule has 2 rings (SSSR count). The quantitative estimate of drug-likeness (QED) is 0.762. The highest BCUT2D eigenvalue weighted by atomic mass is 16.5. The SMILES string of the molecule is CC(C)OCC(O)CN1CCCC(C2CCCN2)C1. The van der Waals surface area contributed by atoms with Gasteiger partial charge in [0.15, 0.2) is 0 Å². The molecular weight excluding hydrogens is 240 g/mol. The molecule has 0 bridgehead atoms. The Labute approximate surface area is 117 Å². The lowest BCUT2D eigenvalue weighted by Gasteiger charge is -2.36. The predicted octanol–water partition coefficient (Wildman–Crippen LogP) is 1.24. The van der Waals surface area contributed by atoms with Crippen LogP contribution in [0.3, 0.4) is 0 Å². The zero-order valence-corrected chi connectivity index (χ0v) is 12.5. The van der Waals surface area contributed by atoms with Crippen LogP contribution in [0, 0.1) is 5.92 Å². The smallest absolute Gasteiger partial charge is 0.0900 e. The summed E-state index contributed by atoms with van der Waals surface area (Å²) in [5.74, 6) is 0.773. The van der Waals surface area contributed by atoms with Crippen LogP contribution in [0.25, 0.3) is 0 Å². The summed E-state index contributed by atoms with van der Waals surface area (Å²) in [7, 11) is 0. The van der Waals surface area contributed by atoms with Gasteiger partial charge < -0.3 is 20.1 Å². The molecule has 0 saturated carbocycles. The molecule has 2 fully saturated rings. The van der Waals surface area contributed by atoms with Gasteiger partial charge in [-0.05, 0) is 58.5 Å². The molecular formula is C15H30N2O2. The molecule has 19 heavy (non-hydrogen) atoms. The van der Waals surface area contributed by atoms with E-state index in [0.29, 0.717) is 12.6 Å². The molecule has 0 amide bonds. The van der Waals surface area contributed by atoms with Crippen molar-refractivity contribution in [1.29, 1.82) is 0 Å². The van der Waals surface area contributed by atoms with Crippen molar-refractivity contribution < 1.29 is 9.84 Å². The summed E-state index contributed by atoms with van der Waals surface area (Å²) in [6.45, 7) is 8.69. The molecule has 0 spiro atoms. The summed E-state index contributed by atoms with van der Waals surface area (Å²) in [4.78, 5) is 2.42. The number of nitrogens with zero attached hydrogens (tertiary/aromatic N) is 1. The fourth-order valence-electron chi connectivity index (χ4n) is 3.35. The summed E-state index contributed by atoms with van der Waals surface area (Å²) in [6, 6.07) is 0.715. The number of likely N-dealkylation sites (tertiary alicyclic amines) is 1. The maximum atomic E-state index is 10.0. The minimum Gasteiger partial charge on any atom is -0.389 e. The van der Waals surface area contributed by atoms with Gasteiger partial charge >= 0.3 is 0 Å². The number of β-amino-alcohol motifs (C(OH)–C–C–N with tert-alkyl or cyclic N) is 1. The molecule has 2 saturated heterocycles. The lowest BCUT2D eigenvalue weighted by molar-refractivity contribution is -0.0145. The van der Waals surface area contributed by atoms with E-state index < -0.39 is 0 Å². The Bertz CT molecular complexity index is 255. The van der Waals surface area contributed by atoms with Crippen molar-refractivity contribution in [2.45, 2.75) is 57.8 Å². The Hall–Kier alpha value is -0.160. The highest BCUT2D eigenvalue weighted by Crippen LogP contribution is 2.24. The third-order valence-electron chi connectivity index (χ3n) is 4.30. The molecule has 0 aliphatic carbocycles. The Morgan fingerprint density at radius 1 is 1.32 bits per heavy atom. The van der Waals surface area contributed by atoms with Crippen molar-refractivity contribution in [1.82, 2.24) is 10.2 Å². The third-order valence-corrected chi connectivity index (χ3v) is 4.30. The summed E-state index contributed by atoms with van der Waals surface area (Å²) < 4.78 is 5.48. The lowest BCUT2D eigenvalue weighted by Crippen LogP contribution is -2.46. The summed E-state index contributed by atoms with van der Waals surface area (Å²) in [6.07, 6.45) is 5.11. The van der Waals surface area contributed by atoms with E-state index in [0.717, 1.165) is 25.6 Å². The number of ether oxygens (including phenoxy) is 1. The van der Waals surface area contributed by atoms with Crippen LogP contribution in [0.1, 0.15) is 39.5 Å². The van der Waals surface area contributed by atoms with E-state index >= 15 is 0 Å². The first kappa shape index (κ1) is 15.2. The van der Waals surface area contributed by atoms with Crippen LogP contribution in [-0.2, 0) is 4.74 Å². The Morgan fingerprint density at radius 2 is 2.16 bits per heavy atom. The van der Waals surface area contributed by atoms with Crippen LogP contribution < -0.4 is 5.32 Å². The Morgan fingerprint density at radius 3 is 2.84 bits per heavy atom. The fourth-order valence-corrected chi connectivity index (χ4v) is 3.35. The van der Waals surface area contributed by atoms with E-state index in [1.807, 2.05) is 13.8 Å². The number of nitrogens with one attached hydrogen (secondary N) is 1. The van der Waals surface area contributed by atoms with Crippen molar-refractivity contribution in [3.63, 3.8) is 0 Å². The van der Waals surface area contributed by atoms with Gasteiger partial charge in [0.2, 0.25) is 0 Å². The molecule has 2 heterocycles. The van der Waals surface area contributed by atoms with Gasteiger partial charge in [-0.1, -0.05) is 0 Å². The minimum absolute atomic E-state index is 0.200.